The van der Waals surface area contributed by atoms with Gasteiger partial charge < -0.3 is 14.8 Å². The van der Waals surface area contributed by atoms with Crippen molar-refractivity contribution in [1.29, 1.82) is 5.26 Å². The van der Waals surface area contributed by atoms with Crippen molar-refractivity contribution < 1.29 is 9.47 Å². The smallest absolute Gasteiger partial charge is 0.231 e. The van der Waals surface area contributed by atoms with Crippen LogP contribution in [0.2, 0.25) is 10.0 Å². The van der Waals surface area contributed by atoms with Crippen molar-refractivity contribution in [3.05, 3.63) is 63.0 Å². The van der Waals surface area contributed by atoms with Gasteiger partial charge in [0.05, 0.1) is 15.7 Å². The van der Waals surface area contributed by atoms with E-state index in [0.717, 1.165) is 22.7 Å². The number of hydrogen-bond acceptors (Lipinski definition) is 6. The minimum absolute atomic E-state index is 0.225. The number of rotatable bonds is 4. The Bertz CT molecular complexity index is 1090. The lowest BCUT2D eigenvalue weighted by atomic mass is 10.1. The second-order valence-corrected chi connectivity index (χ2v) is 7.22. The van der Waals surface area contributed by atoms with Gasteiger partial charge in [-0.2, -0.15) is 5.26 Å². The Hall–Kier alpha value is -2.72. The molecule has 2 aromatic carbocycles. The first kappa shape index (κ1) is 17.7. The van der Waals surface area contributed by atoms with Crippen LogP contribution in [0.5, 0.6) is 11.5 Å². The van der Waals surface area contributed by atoms with Gasteiger partial charge in [0.2, 0.25) is 6.79 Å². The lowest BCUT2D eigenvalue weighted by molar-refractivity contribution is 0.174. The van der Waals surface area contributed by atoms with Crippen LogP contribution in [0.1, 0.15) is 5.01 Å². The number of aromatic nitrogens is 1. The van der Waals surface area contributed by atoms with Crippen LogP contribution in [0.25, 0.3) is 16.8 Å². The fraction of sp³-hybridized carbons (Fsp3) is 0.0526. The average Bonchev–Trinajstić information content (AvgIpc) is 3.34. The molecule has 0 amide bonds. The monoisotopic (exact) mass is 415 g/mol. The summed E-state index contributed by atoms with van der Waals surface area (Å²) in [5.74, 6) is 1.41. The number of nitrogens with one attached hydrogen (secondary N) is 1. The summed E-state index contributed by atoms with van der Waals surface area (Å²) in [4.78, 5) is 4.57. The van der Waals surface area contributed by atoms with E-state index >= 15 is 0 Å². The molecule has 1 aliphatic heterocycles. The summed E-state index contributed by atoms with van der Waals surface area (Å²) < 4.78 is 10.7. The SMILES string of the molecule is N#C/C(=C/Nc1ccc(Cl)c(Cl)c1)c1nc(-c2ccc3c(c2)OCO3)cs1. The van der Waals surface area contributed by atoms with E-state index in [1.54, 1.807) is 24.4 Å². The number of thiazole rings is 1. The molecule has 2 heterocycles. The quantitative estimate of drug-likeness (QED) is 0.543. The van der Waals surface area contributed by atoms with E-state index in [1.165, 1.54) is 11.3 Å². The van der Waals surface area contributed by atoms with E-state index in [0.29, 0.717) is 26.4 Å². The van der Waals surface area contributed by atoms with E-state index in [-0.39, 0.29) is 6.79 Å². The number of benzene rings is 2. The van der Waals surface area contributed by atoms with Crippen LogP contribution in [0, 0.1) is 11.3 Å². The zero-order chi connectivity index (χ0) is 18.8. The number of fused-ring (bicyclic) bond motifs is 1. The van der Waals surface area contributed by atoms with Gasteiger partial charge in [-0.3, -0.25) is 0 Å². The van der Waals surface area contributed by atoms with Gasteiger partial charge in [0.25, 0.3) is 0 Å². The largest absolute Gasteiger partial charge is 0.454 e. The van der Waals surface area contributed by atoms with Gasteiger partial charge in [-0.15, -0.1) is 11.3 Å². The van der Waals surface area contributed by atoms with E-state index < -0.39 is 0 Å². The molecule has 0 unspecified atom stereocenters. The number of nitrogens with zero attached hydrogens (tertiary/aromatic N) is 2. The van der Waals surface area contributed by atoms with Crippen LogP contribution in [0.3, 0.4) is 0 Å². The highest BCUT2D eigenvalue weighted by Crippen LogP contribution is 2.36. The minimum Gasteiger partial charge on any atom is -0.454 e. The molecule has 0 saturated heterocycles. The molecule has 0 spiro atoms. The molecule has 0 aliphatic carbocycles. The van der Waals surface area contributed by atoms with Crippen molar-refractivity contribution in [2.75, 3.05) is 12.1 Å². The standard InChI is InChI=1S/C19H11Cl2N3O2S/c20-14-3-2-13(6-15(14)21)23-8-12(7-22)19-24-16(9-27-19)11-1-4-17-18(5-11)26-10-25-17/h1-6,8-9,23H,10H2/b12-8-. The number of halogens is 2. The summed E-state index contributed by atoms with van der Waals surface area (Å²) >= 11 is 13.3. The van der Waals surface area contributed by atoms with Crippen LogP contribution < -0.4 is 14.8 Å². The second kappa shape index (κ2) is 7.49. The van der Waals surface area contributed by atoms with Gasteiger partial charge in [-0.05, 0) is 36.4 Å². The lowest BCUT2D eigenvalue weighted by Crippen LogP contribution is -1.92. The Kier molecular flexibility index (Phi) is 4.90. The molecule has 0 bridgehead atoms. The van der Waals surface area contributed by atoms with E-state index in [4.69, 9.17) is 32.7 Å². The molecule has 134 valence electrons. The van der Waals surface area contributed by atoms with Crippen molar-refractivity contribution in [3.63, 3.8) is 0 Å². The molecule has 8 heteroatoms. The lowest BCUT2D eigenvalue weighted by Gasteiger charge is -2.03. The fourth-order valence-corrected chi connectivity index (χ4v) is 3.56. The highest BCUT2D eigenvalue weighted by Gasteiger charge is 2.16. The third-order valence-electron chi connectivity index (χ3n) is 3.83. The molecule has 1 N–H and O–H groups in total. The summed E-state index contributed by atoms with van der Waals surface area (Å²) in [6, 6.07) is 13.0. The first-order valence-electron chi connectivity index (χ1n) is 7.82. The number of anilines is 1. The number of allylic oxidation sites excluding steroid dienone is 1. The van der Waals surface area contributed by atoms with Gasteiger partial charge in [-0.1, -0.05) is 23.2 Å². The van der Waals surface area contributed by atoms with E-state index in [9.17, 15) is 5.26 Å². The summed E-state index contributed by atoms with van der Waals surface area (Å²) in [6.45, 7) is 0.225. The van der Waals surface area contributed by atoms with E-state index in [1.807, 2.05) is 23.6 Å². The van der Waals surface area contributed by atoms with Gasteiger partial charge in [-0.25, -0.2) is 4.98 Å². The van der Waals surface area contributed by atoms with Crippen molar-refractivity contribution in [3.8, 4) is 28.8 Å². The number of ether oxygens (including phenoxy) is 2. The third kappa shape index (κ3) is 3.71. The molecule has 27 heavy (non-hydrogen) atoms. The Morgan fingerprint density at radius 1 is 1.15 bits per heavy atom. The molecular formula is C19H11Cl2N3O2S. The Balaban J connectivity index is 1.57. The highest BCUT2D eigenvalue weighted by molar-refractivity contribution is 7.11. The molecule has 1 aliphatic rings. The average molecular weight is 416 g/mol. The number of nitriles is 1. The summed E-state index contributed by atoms with van der Waals surface area (Å²) in [7, 11) is 0. The summed E-state index contributed by atoms with van der Waals surface area (Å²) in [5, 5.41) is 16.0. The predicted octanol–water partition coefficient (Wildman–Crippen LogP) is 5.82. The Labute approximate surface area is 169 Å². The van der Waals surface area contributed by atoms with Gasteiger partial charge >= 0.3 is 0 Å². The molecule has 1 aromatic heterocycles. The molecule has 0 atom stereocenters. The fourth-order valence-electron chi connectivity index (χ4n) is 2.47. The normalized spacial score (nSPS) is 12.7. The molecule has 4 rings (SSSR count). The second-order valence-electron chi connectivity index (χ2n) is 5.55. The van der Waals surface area contributed by atoms with Gasteiger partial charge in [0, 0.05) is 22.8 Å². The minimum atomic E-state index is 0.225. The summed E-state index contributed by atoms with van der Waals surface area (Å²) in [5.41, 5.74) is 2.81. The van der Waals surface area contributed by atoms with Crippen LogP contribution in [-0.4, -0.2) is 11.8 Å². The maximum Gasteiger partial charge on any atom is 0.231 e. The van der Waals surface area contributed by atoms with Crippen molar-refractivity contribution in [2.24, 2.45) is 0 Å². The molecule has 0 saturated carbocycles. The molecule has 0 radical (unpaired) electrons. The molecule has 0 fully saturated rings. The number of hydrogen-bond donors (Lipinski definition) is 1. The Morgan fingerprint density at radius 2 is 2.00 bits per heavy atom. The predicted molar refractivity (Wildman–Crippen MR) is 107 cm³/mol. The van der Waals surface area contributed by atoms with Gasteiger partial charge in [0.1, 0.15) is 16.6 Å². The van der Waals surface area contributed by atoms with Crippen molar-refractivity contribution in [2.45, 2.75) is 0 Å². The summed E-state index contributed by atoms with van der Waals surface area (Å²) in [6.07, 6.45) is 1.60. The maximum absolute atomic E-state index is 9.49. The van der Waals surface area contributed by atoms with Crippen LogP contribution in [-0.2, 0) is 0 Å². The van der Waals surface area contributed by atoms with Gasteiger partial charge in [0.15, 0.2) is 11.5 Å². The first-order valence-corrected chi connectivity index (χ1v) is 9.45. The molecule has 3 aromatic rings. The maximum atomic E-state index is 9.49. The highest BCUT2D eigenvalue weighted by atomic mass is 35.5. The topological polar surface area (TPSA) is 67.2 Å². The molecule has 5 nitrogen and oxygen atoms in total. The van der Waals surface area contributed by atoms with Crippen LogP contribution in [0.4, 0.5) is 5.69 Å². The molecular weight excluding hydrogens is 405 g/mol. The zero-order valence-corrected chi connectivity index (χ0v) is 16.0. The Morgan fingerprint density at radius 3 is 2.81 bits per heavy atom. The van der Waals surface area contributed by atoms with Crippen LogP contribution >= 0.6 is 34.5 Å². The zero-order valence-electron chi connectivity index (χ0n) is 13.7. The van der Waals surface area contributed by atoms with E-state index in [2.05, 4.69) is 16.4 Å². The van der Waals surface area contributed by atoms with Crippen molar-refractivity contribution in [1.82, 2.24) is 4.98 Å². The van der Waals surface area contributed by atoms with Crippen LogP contribution in [0.15, 0.2) is 48.0 Å². The first-order chi connectivity index (χ1) is 13.1. The van der Waals surface area contributed by atoms with Crippen molar-refractivity contribution >= 4 is 45.8 Å². The third-order valence-corrected chi connectivity index (χ3v) is 5.44.